The summed E-state index contributed by atoms with van der Waals surface area (Å²) in [6.07, 6.45) is 4.22. The predicted molar refractivity (Wildman–Crippen MR) is 67.6 cm³/mol. The molecule has 0 aliphatic rings. The Labute approximate surface area is 96.3 Å². The van der Waals surface area contributed by atoms with Gasteiger partial charge in [-0.25, -0.2) is 0 Å². The van der Waals surface area contributed by atoms with E-state index in [1.807, 2.05) is 49.0 Å². The van der Waals surface area contributed by atoms with Crippen LogP contribution < -0.4 is 0 Å². The summed E-state index contributed by atoms with van der Waals surface area (Å²) in [7, 11) is 0. The third-order valence-electron chi connectivity index (χ3n) is 2.49. The lowest BCUT2D eigenvalue weighted by molar-refractivity contribution is 0.0924. The van der Waals surface area contributed by atoms with E-state index in [9.17, 15) is 4.79 Å². The maximum absolute atomic E-state index is 11.9. The molecule has 0 saturated heterocycles. The fourth-order valence-corrected chi connectivity index (χ4v) is 2.01. The van der Waals surface area contributed by atoms with Crippen molar-refractivity contribution in [3.63, 3.8) is 0 Å². The summed E-state index contributed by atoms with van der Waals surface area (Å²) in [4.78, 5) is 11.9. The van der Waals surface area contributed by atoms with Crippen molar-refractivity contribution in [2.24, 2.45) is 5.92 Å². The Morgan fingerprint density at radius 1 is 1.33 bits per heavy atom. The molecule has 1 unspecified atom stereocenters. The van der Waals surface area contributed by atoms with Crippen molar-refractivity contribution < 1.29 is 4.79 Å². The number of hydrogen-bond donors (Lipinski definition) is 0. The Hall–Kier alpha value is -0.760. The smallest absolute Gasteiger partial charge is 0.165 e. The lowest BCUT2D eigenvalue weighted by Gasteiger charge is -2.09. The van der Waals surface area contributed by atoms with Crippen LogP contribution in [0.4, 0.5) is 0 Å². The average Bonchev–Trinajstić information content (AvgIpc) is 2.29. The van der Waals surface area contributed by atoms with Crippen molar-refractivity contribution in [1.82, 2.24) is 0 Å². The zero-order valence-corrected chi connectivity index (χ0v) is 10.2. The Morgan fingerprint density at radius 2 is 2.00 bits per heavy atom. The molecule has 2 heteroatoms. The molecule has 1 aromatic rings. The minimum atomic E-state index is 0.152. The topological polar surface area (TPSA) is 17.1 Å². The molecule has 0 aliphatic heterocycles. The van der Waals surface area contributed by atoms with Crippen LogP contribution in [0.25, 0.3) is 0 Å². The normalized spacial score (nSPS) is 12.4. The quantitative estimate of drug-likeness (QED) is 0.540. The molecular weight excluding hydrogens is 204 g/mol. The van der Waals surface area contributed by atoms with E-state index in [0.29, 0.717) is 0 Å². The van der Waals surface area contributed by atoms with Gasteiger partial charge < -0.3 is 0 Å². The molecule has 82 valence electrons. The number of Topliss-reactive ketones (excluding diaryl/α,β-unsaturated/α-hetero) is 1. The van der Waals surface area contributed by atoms with Gasteiger partial charge in [-0.2, -0.15) is 11.8 Å². The monoisotopic (exact) mass is 222 g/mol. The van der Waals surface area contributed by atoms with Crippen molar-refractivity contribution in [3.8, 4) is 0 Å². The van der Waals surface area contributed by atoms with Gasteiger partial charge in [0.15, 0.2) is 5.78 Å². The molecule has 1 nitrogen and oxygen atoms in total. The zero-order valence-electron chi connectivity index (χ0n) is 9.40. The van der Waals surface area contributed by atoms with Crippen LogP contribution in [0.15, 0.2) is 30.3 Å². The van der Waals surface area contributed by atoms with E-state index in [0.717, 1.165) is 24.2 Å². The largest absolute Gasteiger partial charge is 0.294 e. The molecular formula is C13H18OS. The first-order chi connectivity index (χ1) is 7.25. The van der Waals surface area contributed by atoms with E-state index in [-0.39, 0.29) is 11.7 Å². The summed E-state index contributed by atoms with van der Waals surface area (Å²) in [6, 6.07) is 9.57. The Kier molecular flexibility index (Phi) is 5.48. The molecule has 15 heavy (non-hydrogen) atoms. The average molecular weight is 222 g/mol. The van der Waals surface area contributed by atoms with Crippen LogP contribution in [0.3, 0.4) is 0 Å². The van der Waals surface area contributed by atoms with E-state index in [2.05, 4.69) is 6.26 Å². The number of thioether (sulfide) groups is 1. The number of ketones is 1. The van der Waals surface area contributed by atoms with Crippen LogP contribution in [-0.2, 0) is 0 Å². The predicted octanol–water partition coefficient (Wildman–Crippen LogP) is 3.65. The standard InChI is InChI=1S/C13H18OS/c1-11(7-6-10-15-2)13(14)12-8-4-3-5-9-12/h3-5,8-9,11H,6-7,10H2,1-2H3. The van der Waals surface area contributed by atoms with Crippen molar-refractivity contribution in [2.45, 2.75) is 19.8 Å². The summed E-state index contributed by atoms with van der Waals surface area (Å²) in [5.41, 5.74) is 0.842. The van der Waals surface area contributed by atoms with Crippen molar-refractivity contribution in [1.29, 1.82) is 0 Å². The highest BCUT2D eigenvalue weighted by atomic mass is 32.2. The highest BCUT2D eigenvalue weighted by molar-refractivity contribution is 7.98. The molecule has 0 fully saturated rings. The van der Waals surface area contributed by atoms with E-state index in [1.54, 1.807) is 0 Å². The first kappa shape index (κ1) is 12.3. The number of benzene rings is 1. The van der Waals surface area contributed by atoms with Crippen LogP contribution in [0.5, 0.6) is 0 Å². The molecule has 0 amide bonds. The molecule has 1 rings (SSSR count). The molecule has 1 atom stereocenters. The first-order valence-electron chi connectivity index (χ1n) is 5.34. The van der Waals surface area contributed by atoms with Gasteiger partial charge in [0.2, 0.25) is 0 Å². The van der Waals surface area contributed by atoms with Gasteiger partial charge in [-0.1, -0.05) is 37.3 Å². The minimum Gasteiger partial charge on any atom is -0.294 e. The summed E-state index contributed by atoms with van der Waals surface area (Å²) >= 11 is 1.84. The van der Waals surface area contributed by atoms with Crippen LogP contribution >= 0.6 is 11.8 Å². The Morgan fingerprint density at radius 3 is 2.60 bits per heavy atom. The second-order valence-corrected chi connectivity index (χ2v) is 4.75. The summed E-state index contributed by atoms with van der Waals surface area (Å²) in [6.45, 7) is 2.02. The Balaban J connectivity index is 2.46. The highest BCUT2D eigenvalue weighted by Gasteiger charge is 2.13. The lowest BCUT2D eigenvalue weighted by atomic mass is 9.95. The second kappa shape index (κ2) is 6.67. The fraction of sp³-hybridized carbons (Fsp3) is 0.462. The molecule has 0 heterocycles. The third kappa shape index (κ3) is 4.08. The molecule has 0 N–H and O–H groups in total. The fourth-order valence-electron chi connectivity index (χ4n) is 1.55. The molecule has 0 bridgehead atoms. The van der Waals surface area contributed by atoms with Gasteiger partial charge in [0.05, 0.1) is 0 Å². The Bertz CT molecular complexity index is 295. The van der Waals surface area contributed by atoms with Gasteiger partial charge >= 0.3 is 0 Å². The summed E-state index contributed by atoms with van der Waals surface area (Å²) < 4.78 is 0. The summed E-state index contributed by atoms with van der Waals surface area (Å²) in [5.74, 6) is 1.57. The minimum absolute atomic E-state index is 0.152. The molecule has 0 saturated carbocycles. The van der Waals surface area contributed by atoms with E-state index >= 15 is 0 Å². The maximum Gasteiger partial charge on any atom is 0.165 e. The third-order valence-corrected chi connectivity index (χ3v) is 3.19. The number of hydrogen-bond acceptors (Lipinski definition) is 2. The summed E-state index contributed by atoms with van der Waals surface area (Å²) in [5, 5.41) is 0. The van der Waals surface area contributed by atoms with Gasteiger partial charge in [0.1, 0.15) is 0 Å². The van der Waals surface area contributed by atoms with Crippen molar-refractivity contribution >= 4 is 17.5 Å². The van der Waals surface area contributed by atoms with Gasteiger partial charge in [-0.3, -0.25) is 4.79 Å². The highest BCUT2D eigenvalue weighted by Crippen LogP contribution is 2.14. The van der Waals surface area contributed by atoms with Gasteiger partial charge in [0, 0.05) is 11.5 Å². The van der Waals surface area contributed by atoms with E-state index in [4.69, 9.17) is 0 Å². The maximum atomic E-state index is 11.9. The van der Waals surface area contributed by atoms with E-state index < -0.39 is 0 Å². The van der Waals surface area contributed by atoms with Crippen LogP contribution in [0, 0.1) is 5.92 Å². The first-order valence-corrected chi connectivity index (χ1v) is 6.73. The van der Waals surface area contributed by atoms with E-state index in [1.165, 1.54) is 0 Å². The molecule has 0 aliphatic carbocycles. The van der Waals surface area contributed by atoms with Gasteiger partial charge in [-0.05, 0) is 24.9 Å². The van der Waals surface area contributed by atoms with Gasteiger partial charge in [0.25, 0.3) is 0 Å². The number of carbonyl (C=O) groups is 1. The van der Waals surface area contributed by atoms with Gasteiger partial charge in [-0.15, -0.1) is 0 Å². The molecule has 0 spiro atoms. The number of carbonyl (C=O) groups excluding carboxylic acids is 1. The molecule has 0 radical (unpaired) electrons. The second-order valence-electron chi connectivity index (χ2n) is 3.77. The van der Waals surface area contributed by atoms with Crippen molar-refractivity contribution in [3.05, 3.63) is 35.9 Å². The SMILES string of the molecule is CSCCCC(C)C(=O)c1ccccc1. The van der Waals surface area contributed by atoms with Crippen molar-refractivity contribution in [2.75, 3.05) is 12.0 Å². The van der Waals surface area contributed by atoms with Crippen LogP contribution in [-0.4, -0.2) is 17.8 Å². The molecule has 1 aromatic carbocycles. The lowest BCUT2D eigenvalue weighted by Crippen LogP contribution is -2.11. The van der Waals surface area contributed by atoms with Crippen LogP contribution in [0.1, 0.15) is 30.1 Å². The number of rotatable bonds is 6. The van der Waals surface area contributed by atoms with Crippen LogP contribution in [0.2, 0.25) is 0 Å². The molecule has 0 aromatic heterocycles. The zero-order chi connectivity index (χ0) is 11.1.